The highest BCUT2D eigenvalue weighted by atomic mass is 16.5. The monoisotopic (exact) mass is 353 g/mol. The highest BCUT2D eigenvalue weighted by molar-refractivity contribution is 6.08. The van der Waals surface area contributed by atoms with Crippen LogP contribution < -0.4 is 0 Å². The lowest BCUT2D eigenvalue weighted by molar-refractivity contribution is -0.137. The molecule has 2 aromatic rings. The molecule has 134 valence electrons. The number of rotatable bonds is 7. The summed E-state index contributed by atoms with van der Waals surface area (Å²) in [4.78, 5) is 40.1. The first-order valence-electron chi connectivity index (χ1n) is 7.91. The summed E-state index contributed by atoms with van der Waals surface area (Å²) in [7, 11) is 2.48. The quantitative estimate of drug-likeness (QED) is 0.432. The van der Waals surface area contributed by atoms with Gasteiger partial charge in [-0.05, 0) is 31.1 Å². The molecule has 0 fully saturated rings. The number of ether oxygens (including phenoxy) is 2. The number of ketones is 1. The molecular weight excluding hydrogens is 334 g/mol. The first-order chi connectivity index (χ1) is 12.5. The Morgan fingerprint density at radius 2 is 1.69 bits per heavy atom. The number of fused-ring (bicyclic) bond motifs is 1. The van der Waals surface area contributed by atoms with E-state index < -0.39 is 17.7 Å². The molecular formula is C20H19NO5. The Morgan fingerprint density at radius 3 is 2.38 bits per heavy atom. The van der Waals surface area contributed by atoms with Crippen molar-refractivity contribution in [2.24, 2.45) is 0 Å². The number of carbonyl (C=O) groups excluding carboxylic acids is 3. The van der Waals surface area contributed by atoms with Gasteiger partial charge >= 0.3 is 11.9 Å². The third kappa shape index (κ3) is 4.63. The predicted octanol–water partition coefficient (Wildman–Crippen LogP) is 3.03. The summed E-state index contributed by atoms with van der Waals surface area (Å²) in [5, 5.41) is 0.913. The Labute approximate surface area is 151 Å². The van der Waals surface area contributed by atoms with Gasteiger partial charge < -0.3 is 9.47 Å². The lowest BCUT2D eigenvalue weighted by atomic mass is 10.0. The molecule has 6 nitrogen and oxygen atoms in total. The minimum absolute atomic E-state index is 0.125. The molecule has 6 heteroatoms. The van der Waals surface area contributed by atoms with E-state index in [1.165, 1.54) is 20.3 Å². The van der Waals surface area contributed by atoms with Crippen LogP contribution in [0.1, 0.15) is 23.3 Å². The van der Waals surface area contributed by atoms with Gasteiger partial charge in [0.25, 0.3) is 0 Å². The average molecular weight is 353 g/mol. The van der Waals surface area contributed by atoms with Crippen LogP contribution in [0.3, 0.4) is 0 Å². The molecule has 2 rings (SSSR count). The molecule has 0 amide bonds. The van der Waals surface area contributed by atoms with E-state index in [9.17, 15) is 14.4 Å². The molecule has 1 aromatic carbocycles. The van der Waals surface area contributed by atoms with E-state index in [4.69, 9.17) is 4.74 Å². The van der Waals surface area contributed by atoms with Gasteiger partial charge in [-0.1, -0.05) is 30.8 Å². The number of hydrogen-bond donors (Lipinski definition) is 0. The number of pyridine rings is 1. The minimum atomic E-state index is -0.642. The zero-order chi connectivity index (χ0) is 19.1. The largest absolute Gasteiger partial charge is 0.466 e. The number of esters is 2. The maximum absolute atomic E-state index is 12.5. The molecule has 0 unspecified atom stereocenters. The predicted molar refractivity (Wildman–Crippen MR) is 96.6 cm³/mol. The number of carbonyl (C=O) groups is 3. The van der Waals surface area contributed by atoms with Crippen LogP contribution in [0.15, 0.2) is 60.2 Å². The van der Waals surface area contributed by atoms with Gasteiger partial charge in [0.15, 0.2) is 0 Å². The first-order valence-corrected chi connectivity index (χ1v) is 7.91. The highest BCUT2D eigenvalue weighted by Crippen LogP contribution is 2.16. The number of benzene rings is 1. The summed E-state index contributed by atoms with van der Waals surface area (Å²) in [6, 6.07) is 10.8. The molecule has 0 N–H and O–H groups in total. The summed E-state index contributed by atoms with van der Waals surface area (Å²) in [6.07, 6.45) is 1.49. The van der Waals surface area contributed by atoms with Crippen LogP contribution in [0, 0.1) is 0 Å². The Morgan fingerprint density at radius 1 is 1.00 bits per heavy atom. The van der Waals surface area contributed by atoms with Crippen LogP contribution in [0.5, 0.6) is 0 Å². The van der Waals surface area contributed by atoms with Crippen molar-refractivity contribution in [2.45, 2.75) is 12.8 Å². The van der Waals surface area contributed by atoms with Crippen LogP contribution in [0.2, 0.25) is 0 Å². The number of hydrogen-bond acceptors (Lipinski definition) is 6. The van der Waals surface area contributed by atoms with Crippen LogP contribution in [0.4, 0.5) is 0 Å². The normalized spacial score (nSPS) is 11.1. The molecule has 0 saturated carbocycles. The van der Waals surface area contributed by atoms with E-state index in [1.807, 2.05) is 18.2 Å². The average Bonchev–Trinajstić information content (AvgIpc) is 2.68. The molecule has 0 aliphatic rings. The van der Waals surface area contributed by atoms with Crippen molar-refractivity contribution in [3.8, 4) is 0 Å². The number of aromatic nitrogens is 1. The fraction of sp³-hybridized carbons (Fsp3) is 0.200. The Kier molecular flexibility index (Phi) is 6.38. The molecule has 0 aliphatic heterocycles. The molecule has 0 atom stereocenters. The van der Waals surface area contributed by atoms with Crippen molar-refractivity contribution in [1.82, 2.24) is 4.98 Å². The van der Waals surface area contributed by atoms with Crippen LogP contribution in [-0.2, 0) is 19.1 Å². The molecule has 1 aromatic heterocycles. The minimum Gasteiger partial charge on any atom is -0.466 e. The van der Waals surface area contributed by atoms with Gasteiger partial charge in [0.1, 0.15) is 5.69 Å². The van der Waals surface area contributed by atoms with Gasteiger partial charge in [-0.25, -0.2) is 14.6 Å². The van der Waals surface area contributed by atoms with Crippen molar-refractivity contribution < 1.29 is 23.9 Å². The van der Waals surface area contributed by atoms with Crippen molar-refractivity contribution in [3.63, 3.8) is 0 Å². The number of methoxy groups -OCH3 is 2. The van der Waals surface area contributed by atoms with Crippen molar-refractivity contribution >= 4 is 28.6 Å². The molecule has 26 heavy (non-hydrogen) atoms. The lowest BCUT2D eigenvalue weighted by Crippen LogP contribution is -2.10. The summed E-state index contributed by atoms with van der Waals surface area (Å²) >= 11 is 0. The first kappa shape index (κ1) is 19.1. The van der Waals surface area contributed by atoms with E-state index in [-0.39, 0.29) is 29.7 Å². The Hall–Kier alpha value is -3.28. The second kappa shape index (κ2) is 8.71. The van der Waals surface area contributed by atoms with Gasteiger partial charge in [0, 0.05) is 16.5 Å². The van der Waals surface area contributed by atoms with E-state index in [0.29, 0.717) is 5.52 Å². The SMILES string of the molecule is C=C(CC/C(=C\C(=O)c1ccc2ccccc2n1)C(=O)OC)C(=O)OC. The second-order valence-corrected chi connectivity index (χ2v) is 5.51. The molecule has 0 aliphatic carbocycles. The van der Waals surface area contributed by atoms with Crippen LogP contribution in [-0.4, -0.2) is 36.9 Å². The highest BCUT2D eigenvalue weighted by Gasteiger charge is 2.16. The Balaban J connectivity index is 2.23. The summed E-state index contributed by atoms with van der Waals surface area (Å²) in [6.45, 7) is 3.60. The van der Waals surface area contributed by atoms with Crippen molar-refractivity contribution in [3.05, 3.63) is 65.9 Å². The topological polar surface area (TPSA) is 82.6 Å². The third-order valence-corrected chi connectivity index (χ3v) is 3.77. The van der Waals surface area contributed by atoms with E-state index >= 15 is 0 Å². The van der Waals surface area contributed by atoms with Gasteiger partial charge in [-0.15, -0.1) is 0 Å². The Bertz CT molecular complexity index is 898. The van der Waals surface area contributed by atoms with E-state index in [1.54, 1.807) is 18.2 Å². The zero-order valence-corrected chi connectivity index (χ0v) is 14.7. The van der Waals surface area contributed by atoms with Gasteiger partial charge in [-0.2, -0.15) is 0 Å². The van der Waals surface area contributed by atoms with E-state index in [2.05, 4.69) is 16.3 Å². The second-order valence-electron chi connectivity index (χ2n) is 5.51. The molecule has 0 radical (unpaired) electrons. The van der Waals surface area contributed by atoms with E-state index in [0.717, 1.165) is 5.39 Å². The fourth-order valence-electron chi connectivity index (χ4n) is 2.33. The maximum Gasteiger partial charge on any atom is 0.333 e. The molecule has 1 heterocycles. The van der Waals surface area contributed by atoms with Gasteiger partial charge in [0.05, 0.1) is 19.7 Å². The van der Waals surface area contributed by atoms with Gasteiger partial charge in [0.2, 0.25) is 5.78 Å². The maximum atomic E-state index is 12.5. The zero-order valence-electron chi connectivity index (χ0n) is 14.7. The van der Waals surface area contributed by atoms with Gasteiger partial charge in [-0.3, -0.25) is 4.79 Å². The summed E-state index contributed by atoms with van der Waals surface area (Å²) in [5.41, 5.74) is 1.25. The van der Waals surface area contributed by atoms with Crippen LogP contribution in [0.25, 0.3) is 10.9 Å². The number of allylic oxidation sites excluding steroid dienone is 1. The molecule has 0 spiro atoms. The molecule has 0 bridgehead atoms. The fourth-order valence-corrected chi connectivity index (χ4v) is 2.33. The third-order valence-electron chi connectivity index (χ3n) is 3.77. The lowest BCUT2D eigenvalue weighted by Gasteiger charge is -2.07. The standard InChI is InChI=1S/C20H19NO5/c1-13(19(23)25-2)8-9-15(20(24)26-3)12-18(22)17-11-10-14-6-4-5-7-16(14)21-17/h4-7,10-12H,1,8-9H2,2-3H3/b15-12+. The smallest absolute Gasteiger partial charge is 0.333 e. The number of para-hydroxylation sites is 1. The summed E-state index contributed by atoms with van der Waals surface area (Å²) < 4.78 is 9.28. The summed E-state index contributed by atoms with van der Waals surface area (Å²) in [5.74, 6) is -1.62. The van der Waals surface area contributed by atoms with Crippen LogP contribution >= 0.6 is 0 Å². The molecule has 0 saturated heterocycles. The van der Waals surface area contributed by atoms with Crippen molar-refractivity contribution in [1.29, 1.82) is 0 Å². The van der Waals surface area contributed by atoms with Crippen molar-refractivity contribution in [2.75, 3.05) is 14.2 Å². The number of nitrogens with zero attached hydrogens (tertiary/aromatic N) is 1.